The van der Waals surface area contributed by atoms with Gasteiger partial charge in [0.1, 0.15) is 0 Å². The molecule has 2 nitrogen and oxygen atoms in total. The molecule has 0 unspecified atom stereocenters. The minimum atomic E-state index is 0.261. The molecule has 1 aromatic rings. The third-order valence-electron chi connectivity index (χ3n) is 6.01. The first-order chi connectivity index (χ1) is 10.0. The van der Waals surface area contributed by atoms with Crippen LogP contribution in [0.4, 0.5) is 0 Å². The van der Waals surface area contributed by atoms with Crippen LogP contribution in [0.5, 0.6) is 0 Å². The number of benzene rings is 1. The van der Waals surface area contributed by atoms with Crippen molar-refractivity contribution in [3.63, 3.8) is 0 Å². The summed E-state index contributed by atoms with van der Waals surface area (Å²) in [6, 6.07) is 8.96. The second kappa shape index (κ2) is 5.73. The van der Waals surface area contributed by atoms with E-state index in [0.717, 1.165) is 6.54 Å². The van der Waals surface area contributed by atoms with Crippen LogP contribution in [0.3, 0.4) is 0 Å². The number of hydrogen-bond acceptors (Lipinski definition) is 2. The molecule has 1 fully saturated rings. The Bertz CT molecular complexity index is 455. The Morgan fingerprint density at radius 2 is 1.48 bits per heavy atom. The molecule has 1 saturated carbocycles. The maximum atomic E-state index is 6.27. The first kappa shape index (κ1) is 15.1. The first-order valence-electron chi connectivity index (χ1n) is 8.57. The van der Waals surface area contributed by atoms with E-state index in [1.165, 1.54) is 51.6 Å². The van der Waals surface area contributed by atoms with Gasteiger partial charge < -0.3 is 5.73 Å². The summed E-state index contributed by atoms with van der Waals surface area (Å²) in [6.07, 6.45) is 7.53. The van der Waals surface area contributed by atoms with Crippen molar-refractivity contribution in [3.8, 4) is 0 Å². The van der Waals surface area contributed by atoms with Gasteiger partial charge in [-0.2, -0.15) is 0 Å². The van der Waals surface area contributed by atoms with Gasteiger partial charge in [0.05, 0.1) is 0 Å². The van der Waals surface area contributed by atoms with Crippen LogP contribution in [-0.4, -0.2) is 30.1 Å². The third-order valence-corrected chi connectivity index (χ3v) is 6.01. The highest BCUT2D eigenvalue weighted by Crippen LogP contribution is 2.43. The average Bonchev–Trinajstić information content (AvgIpc) is 2.71. The SMILES string of the molecule is CC1(C)CCC(CN)(N2CCc3ccccc3CC2)CC1. The predicted molar refractivity (Wildman–Crippen MR) is 89.5 cm³/mol. The van der Waals surface area contributed by atoms with Gasteiger partial charge in [0.25, 0.3) is 0 Å². The van der Waals surface area contributed by atoms with E-state index in [4.69, 9.17) is 5.73 Å². The summed E-state index contributed by atoms with van der Waals surface area (Å²) in [6.45, 7) is 7.99. The van der Waals surface area contributed by atoms with Gasteiger partial charge in [-0.1, -0.05) is 38.1 Å². The maximum absolute atomic E-state index is 6.27. The standard InChI is InChI=1S/C19H30N2/c1-18(2)9-11-19(15-20,12-10-18)21-13-7-16-5-3-4-6-17(16)8-14-21/h3-6H,7-15,20H2,1-2H3. The van der Waals surface area contributed by atoms with E-state index in [9.17, 15) is 0 Å². The lowest BCUT2D eigenvalue weighted by Crippen LogP contribution is -2.57. The van der Waals surface area contributed by atoms with Crippen LogP contribution < -0.4 is 5.73 Å². The fourth-order valence-corrected chi connectivity index (χ4v) is 4.18. The Morgan fingerprint density at radius 1 is 0.952 bits per heavy atom. The topological polar surface area (TPSA) is 29.3 Å². The molecule has 21 heavy (non-hydrogen) atoms. The Labute approximate surface area is 129 Å². The van der Waals surface area contributed by atoms with Gasteiger partial charge in [-0.3, -0.25) is 4.90 Å². The highest BCUT2D eigenvalue weighted by molar-refractivity contribution is 5.29. The molecule has 1 aromatic carbocycles. The van der Waals surface area contributed by atoms with E-state index >= 15 is 0 Å². The lowest BCUT2D eigenvalue weighted by Gasteiger charge is -2.49. The quantitative estimate of drug-likeness (QED) is 0.903. The van der Waals surface area contributed by atoms with E-state index < -0.39 is 0 Å². The minimum Gasteiger partial charge on any atom is -0.329 e. The van der Waals surface area contributed by atoms with Gasteiger partial charge in [-0.25, -0.2) is 0 Å². The molecule has 0 aromatic heterocycles. The average molecular weight is 286 g/mol. The zero-order valence-electron chi connectivity index (χ0n) is 13.7. The van der Waals surface area contributed by atoms with E-state index in [1.807, 2.05) is 0 Å². The van der Waals surface area contributed by atoms with Crippen molar-refractivity contribution in [2.24, 2.45) is 11.1 Å². The monoisotopic (exact) mass is 286 g/mol. The molecule has 0 saturated heterocycles. The lowest BCUT2D eigenvalue weighted by molar-refractivity contribution is 0.0258. The fraction of sp³-hybridized carbons (Fsp3) is 0.684. The molecule has 2 N–H and O–H groups in total. The highest BCUT2D eigenvalue weighted by atomic mass is 15.2. The normalized spacial score (nSPS) is 25.1. The molecule has 2 heteroatoms. The Balaban J connectivity index is 1.75. The van der Waals surface area contributed by atoms with Crippen molar-refractivity contribution >= 4 is 0 Å². The number of fused-ring (bicyclic) bond motifs is 1. The first-order valence-corrected chi connectivity index (χ1v) is 8.57. The smallest absolute Gasteiger partial charge is 0.0332 e. The summed E-state index contributed by atoms with van der Waals surface area (Å²) in [5, 5.41) is 0. The van der Waals surface area contributed by atoms with Crippen molar-refractivity contribution in [2.75, 3.05) is 19.6 Å². The summed E-state index contributed by atoms with van der Waals surface area (Å²) in [7, 11) is 0. The van der Waals surface area contributed by atoms with Crippen molar-refractivity contribution < 1.29 is 0 Å². The Morgan fingerprint density at radius 3 is 1.95 bits per heavy atom. The number of nitrogens with two attached hydrogens (primary N) is 1. The summed E-state index contributed by atoms with van der Waals surface area (Å²) < 4.78 is 0. The molecule has 0 spiro atoms. The van der Waals surface area contributed by atoms with Crippen LogP contribution in [-0.2, 0) is 12.8 Å². The third kappa shape index (κ3) is 3.02. The molecule has 3 rings (SSSR count). The second-order valence-corrected chi connectivity index (χ2v) is 7.85. The Kier molecular flexibility index (Phi) is 4.11. The molecule has 0 bridgehead atoms. The zero-order valence-corrected chi connectivity index (χ0v) is 13.7. The largest absolute Gasteiger partial charge is 0.329 e. The van der Waals surface area contributed by atoms with Crippen molar-refractivity contribution in [2.45, 2.75) is 57.9 Å². The van der Waals surface area contributed by atoms with Crippen molar-refractivity contribution in [1.82, 2.24) is 4.90 Å². The van der Waals surface area contributed by atoms with Crippen LogP contribution >= 0.6 is 0 Å². The predicted octanol–water partition coefficient (Wildman–Crippen LogP) is 3.38. The molecule has 0 amide bonds. The summed E-state index contributed by atoms with van der Waals surface area (Å²) >= 11 is 0. The molecule has 2 aliphatic rings. The number of rotatable bonds is 2. The summed E-state index contributed by atoms with van der Waals surface area (Å²) in [4.78, 5) is 2.72. The van der Waals surface area contributed by atoms with Crippen LogP contribution in [0, 0.1) is 5.41 Å². The van der Waals surface area contributed by atoms with E-state index in [2.05, 4.69) is 43.0 Å². The Hall–Kier alpha value is -0.860. The molecule has 116 valence electrons. The van der Waals surface area contributed by atoms with E-state index in [-0.39, 0.29) is 5.54 Å². The van der Waals surface area contributed by atoms with Crippen LogP contribution in [0.1, 0.15) is 50.7 Å². The molecule has 0 radical (unpaired) electrons. The molecular weight excluding hydrogens is 256 g/mol. The molecule has 1 aliphatic heterocycles. The van der Waals surface area contributed by atoms with Crippen LogP contribution in [0.25, 0.3) is 0 Å². The molecule has 1 heterocycles. The van der Waals surface area contributed by atoms with Gasteiger partial charge in [-0.15, -0.1) is 0 Å². The minimum absolute atomic E-state index is 0.261. The molecule has 1 aliphatic carbocycles. The highest BCUT2D eigenvalue weighted by Gasteiger charge is 2.41. The summed E-state index contributed by atoms with van der Waals surface area (Å²) in [5.74, 6) is 0. The van der Waals surface area contributed by atoms with Crippen LogP contribution in [0.2, 0.25) is 0 Å². The molecule has 0 atom stereocenters. The maximum Gasteiger partial charge on any atom is 0.0332 e. The summed E-state index contributed by atoms with van der Waals surface area (Å²) in [5.41, 5.74) is 10.1. The lowest BCUT2D eigenvalue weighted by atomic mass is 9.68. The second-order valence-electron chi connectivity index (χ2n) is 7.85. The van der Waals surface area contributed by atoms with E-state index in [0.29, 0.717) is 5.41 Å². The van der Waals surface area contributed by atoms with Crippen molar-refractivity contribution in [1.29, 1.82) is 0 Å². The van der Waals surface area contributed by atoms with Crippen molar-refractivity contribution in [3.05, 3.63) is 35.4 Å². The zero-order chi connectivity index (χ0) is 14.9. The van der Waals surface area contributed by atoms with Gasteiger partial charge in [0, 0.05) is 25.2 Å². The fourth-order valence-electron chi connectivity index (χ4n) is 4.18. The van der Waals surface area contributed by atoms with E-state index in [1.54, 1.807) is 11.1 Å². The van der Waals surface area contributed by atoms with Crippen LogP contribution in [0.15, 0.2) is 24.3 Å². The number of nitrogens with zero attached hydrogens (tertiary/aromatic N) is 1. The van der Waals surface area contributed by atoms with Gasteiger partial charge in [-0.05, 0) is 55.1 Å². The molecular formula is C19H30N2. The van der Waals surface area contributed by atoms with Gasteiger partial charge in [0.2, 0.25) is 0 Å². The van der Waals surface area contributed by atoms with Gasteiger partial charge >= 0.3 is 0 Å². The number of hydrogen-bond donors (Lipinski definition) is 1. The van der Waals surface area contributed by atoms with Gasteiger partial charge in [0.15, 0.2) is 0 Å².